The summed E-state index contributed by atoms with van der Waals surface area (Å²) in [6.07, 6.45) is 2.04. The molecule has 3 heterocycles. The number of anilines is 1. The number of carbonyl (C=O) groups is 2. The van der Waals surface area contributed by atoms with Crippen molar-refractivity contribution < 1.29 is 14.3 Å². The Hall–Kier alpha value is -4.34. The second-order valence-corrected chi connectivity index (χ2v) is 11.0. The minimum atomic E-state index is -0.512. The van der Waals surface area contributed by atoms with Crippen LogP contribution in [-0.2, 0) is 18.4 Å². The van der Waals surface area contributed by atoms with Crippen LogP contribution in [-0.4, -0.2) is 51.6 Å². The van der Waals surface area contributed by atoms with Crippen LogP contribution in [0.25, 0.3) is 22.4 Å². The third kappa shape index (κ3) is 5.98. The highest BCUT2D eigenvalue weighted by Crippen LogP contribution is 2.39. The Labute approximate surface area is 249 Å². The molecule has 1 aliphatic rings. The number of halogens is 1. The van der Waals surface area contributed by atoms with Crippen molar-refractivity contribution in [1.82, 2.24) is 19.7 Å². The summed E-state index contributed by atoms with van der Waals surface area (Å²) >= 11 is 7.00. The summed E-state index contributed by atoms with van der Waals surface area (Å²) in [6.45, 7) is 6.00. The van der Waals surface area contributed by atoms with Crippen LogP contribution < -0.4 is 15.6 Å². The van der Waals surface area contributed by atoms with Gasteiger partial charge in [-0.15, -0.1) is 0 Å². The molecule has 0 radical (unpaired) electrons. The van der Waals surface area contributed by atoms with Crippen LogP contribution in [0.3, 0.4) is 0 Å². The van der Waals surface area contributed by atoms with Crippen LogP contribution in [0.4, 0.5) is 5.69 Å². The molecular formula is C32H32ClN5O4. The van der Waals surface area contributed by atoms with Gasteiger partial charge in [-0.2, -0.15) is 5.10 Å². The number of rotatable bonds is 9. The summed E-state index contributed by atoms with van der Waals surface area (Å²) in [5.74, 6) is 0.667. The lowest BCUT2D eigenvalue weighted by Gasteiger charge is -2.39. The second-order valence-electron chi connectivity index (χ2n) is 10.6. The van der Waals surface area contributed by atoms with Crippen molar-refractivity contribution in [1.29, 1.82) is 0 Å². The minimum absolute atomic E-state index is 0.00536. The highest BCUT2D eigenvalue weighted by atomic mass is 35.5. The number of benzene rings is 2. The molecule has 1 amide bonds. The largest absolute Gasteiger partial charge is 0.481 e. The number of ketones is 1. The van der Waals surface area contributed by atoms with E-state index < -0.39 is 11.5 Å². The number of aryl methyl sites for hydroxylation is 1. The third-order valence-corrected chi connectivity index (χ3v) is 7.94. The molecule has 1 aliphatic heterocycles. The van der Waals surface area contributed by atoms with E-state index in [1.807, 2.05) is 49.4 Å². The highest BCUT2D eigenvalue weighted by Gasteiger charge is 2.28. The van der Waals surface area contributed by atoms with E-state index >= 15 is 0 Å². The van der Waals surface area contributed by atoms with E-state index in [1.54, 1.807) is 20.1 Å². The summed E-state index contributed by atoms with van der Waals surface area (Å²) in [5, 5.41) is 7.25. The lowest BCUT2D eigenvalue weighted by molar-refractivity contribution is -0.119. The number of hydrogen-bond acceptors (Lipinski definition) is 7. The zero-order valence-electron chi connectivity index (χ0n) is 24.0. The van der Waals surface area contributed by atoms with Crippen molar-refractivity contribution in [2.24, 2.45) is 13.0 Å². The van der Waals surface area contributed by atoms with Crippen molar-refractivity contribution in [2.75, 3.05) is 25.5 Å². The molecule has 0 unspecified atom stereocenters. The first-order valence-corrected chi connectivity index (χ1v) is 14.0. The molecule has 4 aromatic rings. The van der Waals surface area contributed by atoms with Crippen molar-refractivity contribution in [3.8, 4) is 28.3 Å². The molecule has 0 bridgehead atoms. The first-order valence-electron chi connectivity index (χ1n) is 13.6. The zero-order valence-corrected chi connectivity index (χ0v) is 24.7. The molecule has 1 saturated heterocycles. The molecule has 1 fully saturated rings. The summed E-state index contributed by atoms with van der Waals surface area (Å²) in [4.78, 5) is 43.7. The predicted octanol–water partition coefficient (Wildman–Crippen LogP) is 5.14. The van der Waals surface area contributed by atoms with Crippen molar-refractivity contribution in [3.63, 3.8) is 0 Å². The fourth-order valence-electron chi connectivity index (χ4n) is 5.37. The van der Waals surface area contributed by atoms with Gasteiger partial charge in [0.05, 0.1) is 17.8 Å². The minimum Gasteiger partial charge on any atom is -0.481 e. The number of amides is 1. The number of methoxy groups -OCH3 is 1. The first-order chi connectivity index (χ1) is 20.2. The van der Waals surface area contributed by atoms with Crippen LogP contribution in [0.5, 0.6) is 5.88 Å². The number of hydrogen-bond donors (Lipinski definition) is 1. The van der Waals surface area contributed by atoms with Crippen LogP contribution in [0.2, 0.25) is 5.02 Å². The van der Waals surface area contributed by atoms with E-state index in [1.165, 1.54) is 19.3 Å². The van der Waals surface area contributed by atoms with E-state index in [2.05, 4.69) is 15.3 Å². The Bertz CT molecular complexity index is 1730. The molecule has 2 aromatic heterocycles. The van der Waals surface area contributed by atoms with E-state index in [4.69, 9.17) is 21.3 Å². The topological polar surface area (TPSA) is 106 Å². The molecule has 0 atom stereocenters. The van der Waals surface area contributed by atoms with Crippen molar-refractivity contribution in [2.45, 2.75) is 26.8 Å². The van der Waals surface area contributed by atoms with Gasteiger partial charge in [0.2, 0.25) is 5.88 Å². The average Bonchev–Trinajstić information content (AvgIpc) is 2.94. The fraction of sp³-hybridized carbons (Fsp3) is 0.281. The first kappa shape index (κ1) is 29.2. The number of likely N-dealkylation sites (tertiary alicyclic amines) is 1. The molecule has 5 rings (SSSR count). The SMILES string of the molecule is COc1nc(-c2cccc(-c3cccc(NC(=O)c4ccnn(C)c4=O)c3C)c2Cl)ccc1CN1CC(CC(C)=O)C1. The smallest absolute Gasteiger partial charge is 0.279 e. The van der Waals surface area contributed by atoms with E-state index in [9.17, 15) is 14.4 Å². The number of Topliss-reactive ketones (excluding diaryl/α,β-unsaturated/α-hetero) is 1. The van der Waals surface area contributed by atoms with Gasteiger partial charge in [0.1, 0.15) is 11.3 Å². The Morgan fingerprint density at radius 3 is 2.50 bits per heavy atom. The Morgan fingerprint density at radius 2 is 1.76 bits per heavy atom. The molecule has 42 heavy (non-hydrogen) atoms. The van der Waals surface area contributed by atoms with Crippen molar-refractivity contribution >= 4 is 29.0 Å². The molecule has 1 N–H and O–H groups in total. The second kappa shape index (κ2) is 12.3. The Kier molecular flexibility index (Phi) is 8.51. The molecule has 2 aromatic carbocycles. The molecule has 9 nitrogen and oxygen atoms in total. The molecule has 10 heteroatoms. The van der Waals surface area contributed by atoms with E-state index in [-0.39, 0.29) is 11.3 Å². The Balaban J connectivity index is 1.40. The Morgan fingerprint density at radius 1 is 1.05 bits per heavy atom. The van der Waals surface area contributed by atoms with Crippen LogP contribution in [0, 0.1) is 12.8 Å². The normalized spacial score (nSPS) is 13.5. The van der Waals surface area contributed by atoms with Crippen LogP contribution in [0.1, 0.15) is 34.8 Å². The highest BCUT2D eigenvalue weighted by molar-refractivity contribution is 6.36. The zero-order chi connectivity index (χ0) is 30.0. The number of ether oxygens (including phenoxy) is 1. The molecule has 216 valence electrons. The maximum absolute atomic E-state index is 12.9. The predicted molar refractivity (Wildman–Crippen MR) is 163 cm³/mol. The number of carbonyl (C=O) groups excluding carboxylic acids is 2. The van der Waals surface area contributed by atoms with E-state index in [0.717, 1.165) is 45.6 Å². The molecular weight excluding hydrogens is 554 g/mol. The third-order valence-electron chi connectivity index (χ3n) is 7.53. The van der Waals surface area contributed by atoms with E-state index in [0.29, 0.717) is 41.2 Å². The van der Waals surface area contributed by atoms with Gasteiger partial charge in [-0.05, 0) is 49.1 Å². The van der Waals surface area contributed by atoms with Crippen molar-refractivity contribution in [3.05, 3.63) is 92.9 Å². The van der Waals surface area contributed by atoms with Gasteiger partial charge in [-0.25, -0.2) is 9.67 Å². The van der Waals surface area contributed by atoms with Gasteiger partial charge in [0, 0.05) is 61.7 Å². The van der Waals surface area contributed by atoms with Gasteiger partial charge in [-0.3, -0.25) is 14.5 Å². The number of aromatic nitrogens is 3. The molecule has 0 spiro atoms. The number of nitrogens with zero attached hydrogens (tertiary/aromatic N) is 4. The number of pyridine rings is 1. The lowest BCUT2D eigenvalue weighted by Crippen LogP contribution is -2.46. The molecule has 0 aliphatic carbocycles. The van der Waals surface area contributed by atoms with Gasteiger partial charge >= 0.3 is 0 Å². The van der Waals surface area contributed by atoms with Crippen LogP contribution in [0.15, 0.2) is 65.6 Å². The fourth-order valence-corrected chi connectivity index (χ4v) is 5.69. The summed E-state index contributed by atoms with van der Waals surface area (Å²) < 4.78 is 6.77. The van der Waals surface area contributed by atoms with Gasteiger partial charge in [0.15, 0.2) is 0 Å². The number of nitrogens with one attached hydrogen (secondary N) is 1. The van der Waals surface area contributed by atoms with Gasteiger partial charge in [-0.1, -0.05) is 48.0 Å². The standard InChI is InChI=1S/C32H32ClN5O4/c1-19(39)15-21-16-38(17-21)18-22-11-12-28(36-31(22)42-4)25-9-5-8-24(29(25)33)23-7-6-10-27(20(23)2)35-30(40)26-13-14-34-37(3)32(26)41/h5-14,21H,15-18H2,1-4H3,(H,35,40). The summed E-state index contributed by atoms with van der Waals surface area (Å²) in [6, 6.07) is 16.6. The maximum Gasteiger partial charge on any atom is 0.279 e. The summed E-state index contributed by atoms with van der Waals surface area (Å²) in [7, 11) is 3.10. The molecule has 0 saturated carbocycles. The quantitative estimate of drug-likeness (QED) is 0.290. The summed E-state index contributed by atoms with van der Waals surface area (Å²) in [5.41, 5.74) is 4.91. The van der Waals surface area contributed by atoms with Gasteiger partial charge < -0.3 is 14.8 Å². The monoisotopic (exact) mass is 585 g/mol. The lowest BCUT2D eigenvalue weighted by atomic mass is 9.94. The van der Waals surface area contributed by atoms with Gasteiger partial charge in [0.25, 0.3) is 11.5 Å². The maximum atomic E-state index is 12.9. The van der Waals surface area contributed by atoms with Crippen LogP contribution >= 0.6 is 11.6 Å². The average molecular weight is 586 g/mol.